The van der Waals surface area contributed by atoms with Crippen molar-refractivity contribution in [2.24, 2.45) is 0 Å². The highest BCUT2D eigenvalue weighted by Gasteiger charge is 2.18. The van der Waals surface area contributed by atoms with E-state index in [1.807, 2.05) is 18.2 Å². The highest BCUT2D eigenvalue weighted by atomic mass is 31.2. The van der Waals surface area contributed by atoms with E-state index in [2.05, 4.69) is 0 Å². The number of methoxy groups -OCH3 is 2. The Kier molecular flexibility index (Phi) is 7.51. The fraction of sp³-hybridized carbons (Fsp3) is 0.467. The lowest BCUT2D eigenvalue weighted by Gasteiger charge is -2.12. The Hall–Kier alpha value is -1.29. The van der Waals surface area contributed by atoms with Crippen molar-refractivity contribution in [3.63, 3.8) is 0 Å². The van der Waals surface area contributed by atoms with Gasteiger partial charge in [-0.25, -0.2) is 0 Å². The van der Waals surface area contributed by atoms with Gasteiger partial charge in [0.2, 0.25) is 0 Å². The smallest absolute Gasteiger partial charge is 0.353 e. The molecule has 0 unspecified atom stereocenters. The number of hydrogen-bond acceptors (Lipinski definition) is 5. The summed E-state index contributed by atoms with van der Waals surface area (Å²) in [7, 11) is 0.0613. The molecule has 0 saturated heterocycles. The molecule has 118 valence electrons. The summed E-state index contributed by atoms with van der Waals surface area (Å²) in [6.45, 7) is 4.26. The van der Waals surface area contributed by atoms with Gasteiger partial charge in [-0.1, -0.05) is 12.1 Å². The Morgan fingerprint density at radius 3 is 2.19 bits per heavy atom. The number of ether oxygens (including phenoxy) is 2. The van der Waals surface area contributed by atoms with Gasteiger partial charge < -0.3 is 18.5 Å². The van der Waals surface area contributed by atoms with E-state index in [9.17, 15) is 4.57 Å². The molecular formula is C15H23O5P. The molecule has 0 aliphatic rings. The summed E-state index contributed by atoms with van der Waals surface area (Å²) < 4.78 is 33.1. The lowest BCUT2D eigenvalue weighted by molar-refractivity contribution is 0.229. The molecule has 0 N–H and O–H groups in total. The van der Waals surface area contributed by atoms with Gasteiger partial charge >= 0.3 is 7.60 Å². The third-order valence-electron chi connectivity index (χ3n) is 2.71. The molecular weight excluding hydrogens is 291 g/mol. The standard InChI is InChI=1S/C15H23O5P/c1-5-19-21(16,20-6-2)11-7-8-13-9-10-14(17-3)15(12-13)18-4/h7,9-12H,5-6,8H2,1-4H3/b11-7+. The molecule has 0 atom stereocenters. The van der Waals surface area contributed by atoms with Gasteiger partial charge in [-0.15, -0.1) is 0 Å². The van der Waals surface area contributed by atoms with Crippen LogP contribution in [0.2, 0.25) is 0 Å². The van der Waals surface area contributed by atoms with E-state index < -0.39 is 7.60 Å². The third-order valence-corrected chi connectivity index (χ3v) is 4.52. The van der Waals surface area contributed by atoms with Crippen molar-refractivity contribution in [3.05, 3.63) is 35.7 Å². The van der Waals surface area contributed by atoms with Crippen molar-refractivity contribution in [1.82, 2.24) is 0 Å². The van der Waals surface area contributed by atoms with E-state index in [0.29, 0.717) is 31.1 Å². The van der Waals surface area contributed by atoms with Gasteiger partial charge in [-0.3, -0.25) is 4.57 Å². The van der Waals surface area contributed by atoms with Gasteiger partial charge in [-0.05, 0) is 38.0 Å². The molecule has 1 aromatic rings. The normalized spacial score (nSPS) is 11.8. The third kappa shape index (κ3) is 5.54. The predicted molar refractivity (Wildman–Crippen MR) is 83.2 cm³/mol. The lowest BCUT2D eigenvalue weighted by atomic mass is 10.1. The Morgan fingerprint density at radius 1 is 1.05 bits per heavy atom. The second-order valence-electron chi connectivity index (χ2n) is 4.15. The van der Waals surface area contributed by atoms with Crippen LogP contribution < -0.4 is 9.47 Å². The topological polar surface area (TPSA) is 54.0 Å². The zero-order chi connectivity index (χ0) is 15.7. The van der Waals surface area contributed by atoms with Crippen molar-refractivity contribution < 1.29 is 23.1 Å². The molecule has 6 heteroatoms. The maximum absolute atomic E-state index is 12.3. The predicted octanol–water partition coefficient (Wildman–Crippen LogP) is 4.03. The van der Waals surface area contributed by atoms with Crippen LogP contribution in [0.1, 0.15) is 19.4 Å². The molecule has 0 aliphatic carbocycles. The highest BCUT2D eigenvalue weighted by molar-refractivity contribution is 7.57. The van der Waals surface area contributed by atoms with Crippen molar-refractivity contribution in [2.75, 3.05) is 27.4 Å². The minimum absolute atomic E-state index is 0.345. The zero-order valence-electron chi connectivity index (χ0n) is 13.0. The highest BCUT2D eigenvalue weighted by Crippen LogP contribution is 2.49. The van der Waals surface area contributed by atoms with Crippen LogP contribution in [-0.2, 0) is 20.0 Å². The second kappa shape index (κ2) is 8.88. The summed E-state index contributed by atoms with van der Waals surface area (Å²) in [5.74, 6) is 2.86. The van der Waals surface area contributed by atoms with E-state index in [1.165, 1.54) is 5.82 Å². The van der Waals surface area contributed by atoms with Crippen LogP contribution in [0.15, 0.2) is 30.1 Å². The minimum Gasteiger partial charge on any atom is -0.493 e. The molecule has 0 amide bonds. The summed E-state index contributed by atoms with van der Waals surface area (Å²) >= 11 is 0. The van der Waals surface area contributed by atoms with Crippen LogP contribution >= 0.6 is 7.60 Å². The Balaban J connectivity index is 2.77. The molecule has 0 aliphatic heterocycles. The lowest BCUT2D eigenvalue weighted by Crippen LogP contribution is -1.94. The molecule has 21 heavy (non-hydrogen) atoms. The van der Waals surface area contributed by atoms with Crippen LogP contribution in [0.25, 0.3) is 0 Å². The number of hydrogen-bond donors (Lipinski definition) is 0. The van der Waals surface area contributed by atoms with Crippen LogP contribution in [0, 0.1) is 0 Å². The number of rotatable bonds is 9. The first-order valence-corrected chi connectivity index (χ1v) is 8.47. The van der Waals surface area contributed by atoms with Crippen LogP contribution in [0.5, 0.6) is 11.5 Å². The molecule has 0 aromatic heterocycles. The van der Waals surface area contributed by atoms with Gasteiger partial charge in [0.05, 0.1) is 27.4 Å². The molecule has 1 aromatic carbocycles. The second-order valence-corrected chi connectivity index (χ2v) is 6.05. The van der Waals surface area contributed by atoms with Crippen molar-refractivity contribution in [1.29, 1.82) is 0 Å². The Bertz CT molecular complexity index is 503. The Morgan fingerprint density at radius 2 is 1.67 bits per heavy atom. The molecule has 5 nitrogen and oxygen atoms in total. The van der Waals surface area contributed by atoms with E-state index >= 15 is 0 Å². The zero-order valence-corrected chi connectivity index (χ0v) is 13.9. The largest absolute Gasteiger partial charge is 0.493 e. The molecule has 0 bridgehead atoms. The molecule has 0 spiro atoms. The maximum atomic E-state index is 12.3. The first-order valence-electron chi connectivity index (χ1n) is 6.86. The quantitative estimate of drug-likeness (QED) is 0.644. The first-order chi connectivity index (χ1) is 10.1. The monoisotopic (exact) mass is 314 g/mol. The molecule has 0 heterocycles. The summed E-state index contributed by atoms with van der Waals surface area (Å²) in [5, 5.41) is 0. The summed E-state index contributed by atoms with van der Waals surface area (Å²) in [4.78, 5) is 0. The van der Waals surface area contributed by atoms with Crippen molar-refractivity contribution >= 4 is 7.60 Å². The van der Waals surface area contributed by atoms with Crippen LogP contribution in [0.4, 0.5) is 0 Å². The van der Waals surface area contributed by atoms with Crippen molar-refractivity contribution in [2.45, 2.75) is 20.3 Å². The van der Waals surface area contributed by atoms with E-state index in [0.717, 1.165) is 5.56 Å². The van der Waals surface area contributed by atoms with Gasteiger partial charge in [0.1, 0.15) is 0 Å². The minimum atomic E-state index is -3.13. The van der Waals surface area contributed by atoms with E-state index in [4.69, 9.17) is 18.5 Å². The maximum Gasteiger partial charge on any atom is 0.353 e. The average Bonchev–Trinajstić information content (AvgIpc) is 2.47. The van der Waals surface area contributed by atoms with Gasteiger partial charge in [0, 0.05) is 5.82 Å². The molecule has 0 fully saturated rings. The first kappa shape index (κ1) is 17.8. The SMILES string of the molecule is CCOP(=O)(/C=C/Cc1ccc(OC)c(OC)c1)OCC. The molecule has 1 rings (SSSR count). The van der Waals surface area contributed by atoms with Crippen LogP contribution in [0.3, 0.4) is 0 Å². The van der Waals surface area contributed by atoms with E-state index in [-0.39, 0.29) is 0 Å². The van der Waals surface area contributed by atoms with Gasteiger partial charge in [-0.2, -0.15) is 0 Å². The summed E-state index contributed by atoms with van der Waals surface area (Å²) in [5.41, 5.74) is 1.02. The van der Waals surface area contributed by atoms with E-state index in [1.54, 1.807) is 34.1 Å². The Labute approximate surface area is 126 Å². The molecule has 0 saturated carbocycles. The van der Waals surface area contributed by atoms with Gasteiger partial charge in [0.15, 0.2) is 11.5 Å². The summed E-state index contributed by atoms with van der Waals surface area (Å²) in [6, 6.07) is 5.65. The summed E-state index contributed by atoms with van der Waals surface area (Å²) in [6.07, 6.45) is 2.39. The number of benzene rings is 1. The van der Waals surface area contributed by atoms with Gasteiger partial charge in [0.25, 0.3) is 0 Å². The fourth-order valence-electron chi connectivity index (χ4n) is 1.81. The fourth-order valence-corrected chi connectivity index (χ4v) is 3.14. The number of allylic oxidation sites excluding steroid dienone is 1. The van der Waals surface area contributed by atoms with Crippen LogP contribution in [-0.4, -0.2) is 27.4 Å². The average molecular weight is 314 g/mol. The van der Waals surface area contributed by atoms with Crippen molar-refractivity contribution in [3.8, 4) is 11.5 Å². The molecule has 0 radical (unpaired) electrons.